The number of nitrogens with zero attached hydrogens (tertiary/aromatic N) is 5. The second-order valence-electron chi connectivity index (χ2n) is 6.66. The molecule has 0 bridgehead atoms. The molecule has 0 spiro atoms. The molecule has 2 saturated heterocycles. The molecule has 30 heavy (non-hydrogen) atoms. The van der Waals surface area contributed by atoms with Gasteiger partial charge in [0.25, 0.3) is 0 Å². The zero-order valence-corrected chi connectivity index (χ0v) is 16.8. The van der Waals surface area contributed by atoms with E-state index in [0.717, 1.165) is 0 Å². The van der Waals surface area contributed by atoms with Crippen LogP contribution in [-0.2, 0) is 9.47 Å². The van der Waals surface area contributed by atoms with Crippen LogP contribution in [0.5, 0.6) is 5.75 Å². The van der Waals surface area contributed by atoms with Crippen LogP contribution in [0, 0.1) is 0 Å². The van der Waals surface area contributed by atoms with E-state index in [2.05, 4.69) is 25.0 Å². The minimum absolute atomic E-state index is 0.0563. The van der Waals surface area contributed by atoms with Crippen LogP contribution >= 0.6 is 11.6 Å². The van der Waals surface area contributed by atoms with Crippen molar-refractivity contribution >= 4 is 35.1 Å². The number of benzene rings is 1. The summed E-state index contributed by atoms with van der Waals surface area (Å²) in [7, 11) is 0. The van der Waals surface area contributed by atoms with E-state index in [4.69, 9.17) is 21.1 Å². The van der Waals surface area contributed by atoms with Gasteiger partial charge in [0.15, 0.2) is 0 Å². The number of aromatic nitrogens is 3. The number of alkyl halides is 3. The molecule has 4 rings (SSSR count). The zero-order valence-electron chi connectivity index (χ0n) is 16.1. The van der Waals surface area contributed by atoms with Gasteiger partial charge in [0, 0.05) is 43.5 Å². The van der Waals surface area contributed by atoms with Crippen molar-refractivity contribution in [1.29, 1.82) is 0 Å². The highest BCUT2D eigenvalue weighted by molar-refractivity contribution is 6.20. The molecule has 1 aromatic heterocycles. The Balaban J connectivity index is 1.56. The summed E-state index contributed by atoms with van der Waals surface area (Å²) in [6.45, 7) is 5.16. The topological polar surface area (TPSA) is 84.9 Å². The molecule has 0 unspecified atom stereocenters. The van der Waals surface area contributed by atoms with Crippen molar-refractivity contribution < 1.29 is 23.0 Å². The fourth-order valence-electron chi connectivity index (χ4n) is 3.09. The first-order valence-electron chi connectivity index (χ1n) is 9.51. The summed E-state index contributed by atoms with van der Waals surface area (Å²) in [5, 5.41) is 3.10. The average molecular weight is 443 g/mol. The molecule has 0 saturated carbocycles. The van der Waals surface area contributed by atoms with Crippen LogP contribution < -0.4 is 19.9 Å². The number of hydrogen-bond donors (Lipinski definition) is 1. The number of morpholine rings is 2. The first kappa shape index (κ1) is 20.8. The minimum Gasteiger partial charge on any atom is -0.420 e. The summed E-state index contributed by atoms with van der Waals surface area (Å²) in [5.74, 6) is 1.40. The molecule has 0 amide bonds. The molecule has 0 atom stereocenters. The second kappa shape index (κ2) is 9.11. The van der Waals surface area contributed by atoms with E-state index in [0.29, 0.717) is 76.1 Å². The molecule has 2 fully saturated rings. The molecule has 0 radical (unpaired) electrons. The highest BCUT2D eigenvalue weighted by atomic mass is 35.5. The van der Waals surface area contributed by atoms with Gasteiger partial charge in [-0.3, -0.25) is 0 Å². The Hall–Kier alpha value is -2.50. The van der Waals surface area contributed by atoms with E-state index in [9.17, 15) is 8.78 Å². The van der Waals surface area contributed by atoms with Crippen molar-refractivity contribution in [3.8, 4) is 5.75 Å². The van der Waals surface area contributed by atoms with Crippen molar-refractivity contribution in [2.45, 2.75) is 5.57 Å². The number of hydrogen-bond acceptors (Lipinski definition) is 9. The molecule has 162 valence electrons. The van der Waals surface area contributed by atoms with Crippen LogP contribution in [0.2, 0.25) is 0 Å². The Morgan fingerprint density at radius 2 is 1.37 bits per heavy atom. The van der Waals surface area contributed by atoms with Gasteiger partial charge in [0.05, 0.1) is 26.4 Å². The monoisotopic (exact) mass is 442 g/mol. The van der Waals surface area contributed by atoms with Gasteiger partial charge in [0.2, 0.25) is 17.8 Å². The lowest BCUT2D eigenvalue weighted by Gasteiger charge is -2.30. The summed E-state index contributed by atoms with van der Waals surface area (Å²) in [6, 6.07) is 5.91. The lowest BCUT2D eigenvalue weighted by Crippen LogP contribution is -2.40. The Morgan fingerprint density at radius 3 is 1.83 bits per heavy atom. The van der Waals surface area contributed by atoms with Crippen LogP contribution in [0.25, 0.3) is 0 Å². The average Bonchev–Trinajstić information content (AvgIpc) is 2.75. The van der Waals surface area contributed by atoms with E-state index >= 15 is 0 Å². The fourth-order valence-corrected chi connectivity index (χ4v) is 3.18. The van der Waals surface area contributed by atoms with Crippen molar-refractivity contribution in [2.75, 3.05) is 67.7 Å². The largest absolute Gasteiger partial charge is 0.487 e. The Kier molecular flexibility index (Phi) is 6.30. The van der Waals surface area contributed by atoms with E-state index in [1.54, 1.807) is 12.1 Å². The van der Waals surface area contributed by atoms with Crippen LogP contribution in [0.1, 0.15) is 0 Å². The quantitative estimate of drug-likeness (QED) is 0.678. The first-order chi connectivity index (χ1) is 14.5. The third-order valence-corrected chi connectivity index (χ3v) is 4.62. The molecule has 3 heterocycles. The van der Waals surface area contributed by atoms with Crippen LogP contribution in [-0.4, -0.2) is 73.1 Å². The van der Waals surface area contributed by atoms with E-state index in [1.807, 2.05) is 9.80 Å². The lowest BCUT2D eigenvalue weighted by molar-refractivity contribution is -0.0964. The summed E-state index contributed by atoms with van der Waals surface area (Å²) in [5.41, 5.74) is -3.16. The maximum atomic E-state index is 12.8. The summed E-state index contributed by atoms with van der Waals surface area (Å²) < 4.78 is 40.7. The van der Waals surface area contributed by atoms with Crippen molar-refractivity contribution in [3.63, 3.8) is 0 Å². The van der Waals surface area contributed by atoms with Gasteiger partial charge in [-0.25, -0.2) is 0 Å². The molecule has 0 aliphatic carbocycles. The molecule has 1 aromatic carbocycles. The highest BCUT2D eigenvalue weighted by Crippen LogP contribution is 2.27. The van der Waals surface area contributed by atoms with Crippen LogP contribution in [0.3, 0.4) is 0 Å². The molecular weight excluding hydrogens is 422 g/mol. The molecular formula is C18H21ClF2N6O3. The van der Waals surface area contributed by atoms with Crippen molar-refractivity contribution in [3.05, 3.63) is 24.3 Å². The highest BCUT2D eigenvalue weighted by Gasteiger charge is 2.27. The SMILES string of the molecule is FC(F)(Cl)Oc1ccc(Nc2nc(N3CCOCC3)nc(N3CCOCC3)n2)cc1. The number of anilines is 4. The summed E-state index contributed by atoms with van der Waals surface area (Å²) in [6.07, 6.45) is 0. The molecule has 2 aliphatic heterocycles. The standard InChI is InChI=1S/C18H21ClF2N6O3/c19-18(20,21)30-14-3-1-13(2-4-14)22-15-23-16(26-5-9-28-10-6-26)25-17(24-15)27-7-11-29-12-8-27/h1-4H,5-12H2,(H,22,23,24,25). The molecule has 2 aromatic rings. The number of ether oxygens (including phenoxy) is 3. The zero-order chi connectivity index (χ0) is 21.0. The Labute approximate surface area is 176 Å². The number of rotatable bonds is 6. The van der Waals surface area contributed by atoms with Gasteiger partial charge < -0.3 is 29.3 Å². The first-order valence-corrected chi connectivity index (χ1v) is 9.88. The predicted molar refractivity (Wildman–Crippen MR) is 107 cm³/mol. The maximum absolute atomic E-state index is 12.8. The maximum Gasteiger partial charge on any atom is 0.487 e. The van der Waals surface area contributed by atoms with Crippen molar-refractivity contribution in [2.24, 2.45) is 0 Å². The normalized spacial score (nSPS) is 17.7. The Morgan fingerprint density at radius 1 is 0.867 bits per heavy atom. The van der Waals surface area contributed by atoms with Gasteiger partial charge in [-0.05, 0) is 24.3 Å². The minimum atomic E-state index is -3.76. The Bertz CT molecular complexity index is 807. The number of nitrogens with one attached hydrogen (secondary N) is 1. The summed E-state index contributed by atoms with van der Waals surface area (Å²) >= 11 is 4.79. The van der Waals surface area contributed by atoms with E-state index in [-0.39, 0.29) is 5.75 Å². The predicted octanol–water partition coefficient (Wildman–Crippen LogP) is 2.46. The van der Waals surface area contributed by atoms with E-state index in [1.165, 1.54) is 12.1 Å². The lowest BCUT2D eigenvalue weighted by atomic mass is 10.3. The van der Waals surface area contributed by atoms with Gasteiger partial charge in [-0.15, -0.1) is 8.78 Å². The van der Waals surface area contributed by atoms with Gasteiger partial charge >= 0.3 is 5.57 Å². The number of halogens is 3. The molecule has 9 nitrogen and oxygen atoms in total. The third-order valence-electron chi connectivity index (χ3n) is 4.54. The fraction of sp³-hybridized carbons (Fsp3) is 0.500. The summed E-state index contributed by atoms with van der Waals surface area (Å²) in [4.78, 5) is 17.8. The molecule has 2 aliphatic rings. The van der Waals surface area contributed by atoms with Gasteiger partial charge in [-0.1, -0.05) is 0 Å². The second-order valence-corrected chi connectivity index (χ2v) is 7.10. The van der Waals surface area contributed by atoms with Crippen molar-refractivity contribution in [1.82, 2.24) is 15.0 Å². The van der Waals surface area contributed by atoms with E-state index < -0.39 is 5.57 Å². The van der Waals surface area contributed by atoms with Crippen LogP contribution in [0.4, 0.5) is 32.3 Å². The van der Waals surface area contributed by atoms with Gasteiger partial charge in [0.1, 0.15) is 5.75 Å². The third kappa shape index (κ3) is 5.55. The van der Waals surface area contributed by atoms with Gasteiger partial charge in [-0.2, -0.15) is 15.0 Å². The molecule has 1 N–H and O–H groups in total. The molecule has 12 heteroatoms. The van der Waals surface area contributed by atoms with Crippen LogP contribution in [0.15, 0.2) is 24.3 Å². The smallest absolute Gasteiger partial charge is 0.420 e.